The quantitative estimate of drug-likeness (QED) is 0.585. The second kappa shape index (κ2) is 9.88. The van der Waals surface area contributed by atoms with Crippen LogP contribution in [-0.2, 0) is 14.3 Å². The Morgan fingerprint density at radius 1 is 1.28 bits per heavy atom. The van der Waals surface area contributed by atoms with Crippen molar-refractivity contribution in [1.29, 1.82) is 0 Å². The number of unbranched alkanes of at least 4 members (excludes halogenated alkanes) is 1. The third kappa shape index (κ3) is 8.06. The molecule has 3 N–H and O–H groups in total. The molecule has 5 heteroatoms. The van der Waals surface area contributed by atoms with Gasteiger partial charge >= 0.3 is 11.9 Å². The summed E-state index contributed by atoms with van der Waals surface area (Å²) in [6.45, 7) is 4.64. The topological polar surface area (TPSA) is 89.6 Å². The molecule has 0 saturated carbocycles. The Labute approximate surface area is 109 Å². The molecule has 18 heavy (non-hydrogen) atoms. The van der Waals surface area contributed by atoms with E-state index in [1.807, 2.05) is 0 Å². The van der Waals surface area contributed by atoms with Crippen molar-refractivity contribution in [3.63, 3.8) is 0 Å². The standard InChI is InChI=1S/C13H25NO4/c1-3-5-6-10(4-2)9-18-12(15)8-7-11(14)13(16)17/h10-11H,3-9,14H2,1-2H3,(H,16,17). The molecule has 0 aromatic rings. The van der Waals surface area contributed by atoms with E-state index in [0.717, 1.165) is 25.7 Å². The van der Waals surface area contributed by atoms with E-state index in [1.165, 1.54) is 0 Å². The summed E-state index contributed by atoms with van der Waals surface area (Å²) in [5.41, 5.74) is 5.31. The molecular formula is C13H25NO4. The van der Waals surface area contributed by atoms with Crippen LogP contribution in [0.15, 0.2) is 0 Å². The van der Waals surface area contributed by atoms with Crippen LogP contribution in [0, 0.1) is 5.92 Å². The van der Waals surface area contributed by atoms with Gasteiger partial charge in [0.25, 0.3) is 0 Å². The Hall–Kier alpha value is -1.10. The summed E-state index contributed by atoms with van der Waals surface area (Å²) in [4.78, 5) is 21.9. The summed E-state index contributed by atoms with van der Waals surface area (Å²) in [7, 11) is 0. The van der Waals surface area contributed by atoms with Crippen LogP contribution in [0.4, 0.5) is 0 Å². The van der Waals surface area contributed by atoms with Crippen molar-refractivity contribution in [2.24, 2.45) is 11.7 Å². The third-order valence-corrected chi connectivity index (χ3v) is 3.00. The molecule has 5 nitrogen and oxygen atoms in total. The number of aliphatic carboxylic acids is 1. The van der Waals surface area contributed by atoms with Crippen molar-refractivity contribution in [3.8, 4) is 0 Å². The van der Waals surface area contributed by atoms with Gasteiger partial charge in [-0.05, 0) is 18.8 Å². The van der Waals surface area contributed by atoms with Crippen LogP contribution < -0.4 is 5.73 Å². The van der Waals surface area contributed by atoms with Crippen molar-refractivity contribution in [1.82, 2.24) is 0 Å². The maximum absolute atomic E-state index is 11.4. The molecule has 0 spiro atoms. The molecule has 0 aromatic heterocycles. The number of ether oxygens (including phenoxy) is 1. The Morgan fingerprint density at radius 2 is 1.94 bits per heavy atom. The number of hydrogen-bond donors (Lipinski definition) is 2. The highest BCUT2D eigenvalue weighted by Gasteiger charge is 2.15. The van der Waals surface area contributed by atoms with Crippen molar-refractivity contribution in [2.45, 2.75) is 58.4 Å². The van der Waals surface area contributed by atoms with Crippen LogP contribution in [0.1, 0.15) is 52.4 Å². The van der Waals surface area contributed by atoms with Gasteiger partial charge in [-0.25, -0.2) is 0 Å². The first-order valence-electron chi connectivity index (χ1n) is 6.65. The van der Waals surface area contributed by atoms with Gasteiger partial charge in [0.1, 0.15) is 6.04 Å². The van der Waals surface area contributed by atoms with Gasteiger partial charge in [-0.2, -0.15) is 0 Å². The van der Waals surface area contributed by atoms with Crippen molar-refractivity contribution < 1.29 is 19.4 Å². The Bertz CT molecular complexity index is 255. The molecule has 0 aliphatic heterocycles. The number of carbonyl (C=O) groups excluding carboxylic acids is 1. The second-order valence-corrected chi connectivity index (χ2v) is 4.58. The van der Waals surface area contributed by atoms with E-state index in [9.17, 15) is 9.59 Å². The van der Waals surface area contributed by atoms with Crippen LogP contribution in [-0.4, -0.2) is 29.7 Å². The van der Waals surface area contributed by atoms with Gasteiger partial charge in [0.05, 0.1) is 6.61 Å². The fraction of sp³-hybridized carbons (Fsp3) is 0.846. The van der Waals surface area contributed by atoms with E-state index in [0.29, 0.717) is 12.5 Å². The summed E-state index contributed by atoms with van der Waals surface area (Å²) in [6, 6.07) is -0.986. The molecule has 0 saturated heterocycles. The minimum atomic E-state index is -1.09. The predicted octanol–water partition coefficient (Wildman–Crippen LogP) is 1.94. The van der Waals surface area contributed by atoms with Gasteiger partial charge in [-0.3, -0.25) is 9.59 Å². The Kier molecular flexibility index (Phi) is 9.28. The van der Waals surface area contributed by atoms with Crippen molar-refractivity contribution in [2.75, 3.05) is 6.61 Å². The predicted molar refractivity (Wildman–Crippen MR) is 69.1 cm³/mol. The minimum absolute atomic E-state index is 0.0671. The number of esters is 1. The summed E-state index contributed by atoms with van der Waals surface area (Å²) < 4.78 is 5.13. The lowest BCUT2D eigenvalue weighted by Gasteiger charge is -2.14. The van der Waals surface area contributed by atoms with Crippen molar-refractivity contribution in [3.05, 3.63) is 0 Å². The van der Waals surface area contributed by atoms with E-state index in [1.54, 1.807) is 0 Å². The smallest absolute Gasteiger partial charge is 0.320 e. The summed E-state index contributed by atoms with van der Waals surface area (Å²) in [5, 5.41) is 8.57. The maximum Gasteiger partial charge on any atom is 0.320 e. The number of rotatable bonds is 10. The highest BCUT2D eigenvalue weighted by Crippen LogP contribution is 2.13. The fourth-order valence-electron chi connectivity index (χ4n) is 1.58. The van der Waals surface area contributed by atoms with E-state index in [-0.39, 0.29) is 18.8 Å². The molecule has 0 rings (SSSR count). The van der Waals surface area contributed by atoms with Gasteiger partial charge < -0.3 is 15.6 Å². The lowest BCUT2D eigenvalue weighted by Crippen LogP contribution is -2.30. The number of hydrogen-bond acceptors (Lipinski definition) is 4. The van der Waals surface area contributed by atoms with E-state index < -0.39 is 12.0 Å². The summed E-state index contributed by atoms with van der Waals surface area (Å²) in [5.74, 6) is -1.04. The average molecular weight is 259 g/mol. The molecule has 2 unspecified atom stereocenters. The monoisotopic (exact) mass is 259 g/mol. The van der Waals surface area contributed by atoms with Gasteiger partial charge in [-0.1, -0.05) is 33.1 Å². The summed E-state index contributed by atoms with van der Waals surface area (Å²) in [6.07, 6.45) is 4.52. The molecule has 2 atom stereocenters. The van der Waals surface area contributed by atoms with E-state index in [2.05, 4.69) is 13.8 Å². The van der Waals surface area contributed by atoms with E-state index in [4.69, 9.17) is 15.6 Å². The third-order valence-electron chi connectivity index (χ3n) is 3.00. The SMILES string of the molecule is CCCCC(CC)COC(=O)CCC(N)C(=O)O. The van der Waals surface area contributed by atoms with Crippen molar-refractivity contribution >= 4 is 11.9 Å². The minimum Gasteiger partial charge on any atom is -0.480 e. The average Bonchev–Trinajstić information content (AvgIpc) is 2.35. The molecule has 0 fully saturated rings. The molecule has 0 bridgehead atoms. The number of carbonyl (C=O) groups is 2. The van der Waals surface area contributed by atoms with Crippen LogP contribution in [0.5, 0.6) is 0 Å². The van der Waals surface area contributed by atoms with Gasteiger partial charge in [-0.15, -0.1) is 0 Å². The molecule has 0 aromatic carbocycles. The van der Waals surface area contributed by atoms with Gasteiger partial charge in [0.2, 0.25) is 0 Å². The van der Waals surface area contributed by atoms with E-state index >= 15 is 0 Å². The molecule has 0 heterocycles. The zero-order valence-electron chi connectivity index (χ0n) is 11.4. The first kappa shape index (κ1) is 16.9. The van der Waals surface area contributed by atoms with Crippen LogP contribution in [0.25, 0.3) is 0 Å². The molecule has 0 aliphatic carbocycles. The van der Waals surface area contributed by atoms with Crippen LogP contribution in [0.3, 0.4) is 0 Å². The zero-order chi connectivity index (χ0) is 14.0. The Morgan fingerprint density at radius 3 is 2.44 bits per heavy atom. The number of carboxylic acid groups (broad SMARTS) is 1. The zero-order valence-corrected chi connectivity index (χ0v) is 11.4. The normalized spacial score (nSPS) is 13.9. The van der Waals surface area contributed by atoms with Crippen LogP contribution in [0.2, 0.25) is 0 Å². The first-order valence-corrected chi connectivity index (χ1v) is 6.65. The highest BCUT2D eigenvalue weighted by molar-refractivity contribution is 5.75. The van der Waals surface area contributed by atoms with Gasteiger partial charge in [0.15, 0.2) is 0 Å². The lowest BCUT2D eigenvalue weighted by atomic mass is 10.0. The molecule has 0 radical (unpaired) electrons. The highest BCUT2D eigenvalue weighted by atomic mass is 16.5. The van der Waals surface area contributed by atoms with Gasteiger partial charge in [0, 0.05) is 6.42 Å². The molecule has 106 valence electrons. The van der Waals surface area contributed by atoms with Crippen LogP contribution >= 0.6 is 0 Å². The second-order valence-electron chi connectivity index (χ2n) is 4.58. The molecule has 0 amide bonds. The maximum atomic E-state index is 11.4. The summed E-state index contributed by atoms with van der Waals surface area (Å²) >= 11 is 0. The first-order chi connectivity index (χ1) is 8.51. The number of carboxylic acids is 1. The molecular weight excluding hydrogens is 234 g/mol. The lowest BCUT2D eigenvalue weighted by molar-refractivity contribution is -0.145. The fourth-order valence-corrected chi connectivity index (χ4v) is 1.58. The number of nitrogens with two attached hydrogens (primary N) is 1. The largest absolute Gasteiger partial charge is 0.480 e. The Balaban J connectivity index is 3.77. The molecule has 0 aliphatic rings.